The van der Waals surface area contributed by atoms with Gasteiger partial charge in [-0.1, -0.05) is 35.1 Å². The Morgan fingerprint density at radius 2 is 1.89 bits per heavy atom. The van der Waals surface area contributed by atoms with Gasteiger partial charge in [-0.25, -0.2) is 4.98 Å². The summed E-state index contributed by atoms with van der Waals surface area (Å²) in [5.41, 5.74) is 10.2. The van der Waals surface area contributed by atoms with Crippen LogP contribution in [0.25, 0.3) is 21.3 Å². The predicted octanol–water partition coefficient (Wildman–Crippen LogP) is 4.51. The van der Waals surface area contributed by atoms with Crippen molar-refractivity contribution in [1.82, 2.24) is 4.98 Å². The van der Waals surface area contributed by atoms with Gasteiger partial charge in [0.1, 0.15) is 0 Å². The molecule has 0 atom stereocenters. The summed E-state index contributed by atoms with van der Waals surface area (Å²) in [4.78, 5) is 4.42. The SMILES string of the molecule is Cc1cc(-c2ccc(Cl)cc2)c2nc(N)sc2c1. The van der Waals surface area contributed by atoms with E-state index in [-0.39, 0.29) is 0 Å². The summed E-state index contributed by atoms with van der Waals surface area (Å²) in [5, 5.41) is 1.34. The molecule has 0 amide bonds. The highest BCUT2D eigenvalue weighted by molar-refractivity contribution is 7.22. The molecule has 1 aromatic heterocycles. The second kappa shape index (κ2) is 4.26. The molecule has 4 heteroatoms. The molecule has 0 saturated carbocycles. The number of nitrogen functional groups attached to an aromatic ring is 1. The smallest absolute Gasteiger partial charge is 0.181 e. The largest absolute Gasteiger partial charge is 0.375 e. The first-order valence-corrected chi connectivity index (χ1v) is 6.75. The van der Waals surface area contributed by atoms with Crippen molar-refractivity contribution in [2.45, 2.75) is 6.92 Å². The molecule has 3 rings (SSSR count). The zero-order chi connectivity index (χ0) is 12.7. The van der Waals surface area contributed by atoms with Crippen LogP contribution in [-0.2, 0) is 0 Å². The number of aryl methyl sites for hydroxylation is 1. The van der Waals surface area contributed by atoms with Crippen molar-refractivity contribution in [3.63, 3.8) is 0 Å². The van der Waals surface area contributed by atoms with Gasteiger partial charge in [-0.3, -0.25) is 0 Å². The number of fused-ring (bicyclic) bond motifs is 1. The average molecular weight is 275 g/mol. The molecule has 2 aromatic carbocycles. The monoisotopic (exact) mass is 274 g/mol. The third kappa shape index (κ3) is 1.96. The number of hydrogen-bond acceptors (Lipinski definition) is 3. The van der Waals surface area contributed by atoms with Crippen LogP contribution in [0, 0.1) is 6.92 Å². The number of nitrogens with zero attached hydrogens (tertiary/aromatic N) is 1. The topological polar surface area (TPSA) is 38.9 Å². The van der Waals surface area contributed by atoms with E-state index >= 15 is 0 Å². The minimum atomic E-state index is 0.603. The fourth-order valence-corrected chi connectivity index (χ4v) is 3.02. The maximum absolute atomic E-state index is 5.92. The lowest BCUT2D eigenvalue weighted by atomic mass is 10.0. The van der Waals surface area contributed by atoms with Gasteiger partial charge in [0.25, 0.3) is 0 Å². The zero-order valence-electron chi connectivity index (χ0n) is 9.77. The Morgan fingerprint density at radius 1 is 1.17 bits per heavy atom. The molecular weight excluding hydrogens is 264 g/mol. The molecule has 0 aliphatic heterocycles. The number of aromatic nitrogens is 1. The number of thiazole rings is 1. The van der Waals surface area contributed by atoms with Gasteiger partial charge in [-0.15, -0.1) is 0 Å². The van der Waals surface area contributed by atoms with Crippen molar-refractivity contribution in [3.05, 3.63) is 47.0 Å². The fraction of sp³-hybridized carbons (Fsp3) is 0.0714. The normalized spacial score (nSPS) is 11.0. The van der Waals surface area contributed by atoms with Crippen LogP contribution in [0.4, 0.5) is 5.13 Å². The first-order chi connectivity index (χ1) is 8.63. The quantitative estimate of drug-likeness (QED) is 0.709. The fourth-order valence-electron chi connectivity index (χ4n) is 2.03. The van der Waals surface area contributed by atoms with Gasteiger partial charge >= 0.3 is 0 Å². The van der Waals surface area contributed by atoms with Crippen LogP contribution in [0.3, 0.4) is 0 Å². The second-order valence-corrected chi connectivity index (χ2v) is 5.72. The maximum Gasteiger partial charge on any atom is 0.181 e. The maximum atomic E-state index is 5.92. The van der Waals surface area contributed by atoms with Gasteiger partial charge in [0.05, 0.1) is 10.2 Å². The Labute approximate surface area is 114 Å². The van der Waals surface area contributed by atoms with E-state index in [9.17, 15) is 0 Å². The highest BCUT2D eigenvalue weighted by Crippen LogP contribution is 2.34. The van der Waals surface area contributed by atoms with E-state index in [0.29, 0.717) is 5.13 Å². The summed E-state index contributed by atoms with van der Waals surface area (Å²) in [6.07, 6.45) is 0. The molecule has 0 unspecified atom stereocenters. The Hall–Kier alpha value is -1.58. The minimum Gasteiger partial charge on any atom is -0.375 e. The van der Waals surface area contributed by atoms with E-state index in [1.165, 1.54) is 16.9 Å². The number of halogens is 1. The van der Waals surface area contributed by atoms with Gasteiger partial charge in [0.15, 0.2) is 5.13 Å². The Bertz CT molecular complexity index is 716. The third-order valence-corrected chi connectivity index (χ3v) is 3.89. The molecule has 90 valence electrons. The van der Waals surface area contributed by atoms with Crippen LogP contribution < -0.4 is 5.73 Å². The first-order valence-electron chi connectivity index (χ1n) is 5.56. The standard InChI is InChI=1S/C14H11ClN2S/c1-8-6-11(9-2-4-10(15)5-3-9)13-12(7-8)18-14(16)17-13/h2-7H,1H3,(H2,16,17). The molecule has 2 nitrogen and oxygen atoms in total. The Balaban J connectivity index is 2.30. The average Bonchev–Trinajstić information content (AvgIpc) is 2.69. The summed E-state index contributed by atoms with van der Waals surface area (Å²) in [6.45, 7) is 2.08. The van der Waals surface area contributed by atoms with Crippen LogP contribution in [-0.4, -0.2) is 4.98 Å². The van der Waals surface area contributed by atoms with Gasteiger partial charge < -0.3 is 5.73 Å². The molecule has 0 aliphatic rings. The number of rotatable bonds is 1. The summed E-state index contributed by atoms with van der Waals surface area (Å²) >= 11 is 7.44. The van der Waals surface area contributed by atoms with Crippen LogP contribution >= 0.6 is 22.9 Å². The van der Waals surface area contributed by atoms with E-state index in [1.54, 1.807) is 0 Å². The molecule has 1 heterocycles. The molecule has 2 N–H and O–H groups in total. The minimum absolute atomic E-state index is 0.603. The molecule has 0 saturated heterocycles. The van der Waals surface area contributed by atoms with Crippen LogP contribution in [0.15, 0.2) is 36.4 Å². The summed E-state index contributed by atoms with van der Waals surface area (Å²) < 4.78 is 1.12. The van der Waals surface area contributed by atoms with Crippen molar-refractivity contribution >= 4 is 38.3 Å². The van der Waals surface area contributed by atoms with Gasteiger partial charge in [-0.05, 0) is 42.3 Å². The van der Waals surface area contributed by atoms with E-state index < -0.39 is 0 Å². The van der Waals surface area contributed by atoms with Crippen molar-refractivity contribution in [3.8, 4) is 11.1 Å². The van der Waals surface area contributed by atoms with Crippen LogP contribution in [0.1, 0.15) is 5.56 Å². The number of nitrogens with two attached hydrogens (primary N) is 1. The lowest BCUT2D eigenvalue weighted by Gasteiger charge is -2.04. The highest BCUT2D eigenvalue weighted by atomic mass is 35.5. The molecule has 0 aliphatic carbocycles. The highest BCUT2D eigenvalue weighted by Gasteiger charge is 2.09. The summed E-state index contributed by atoms with van der Waals surface area (Å²) in [7, 11) is 0. The number of anilines is 1. The first kappa shape index (κ1) is 11.5. The predicted molar refractivity (Wildman–Crippen MR) is 79.2 cm³/mol. The second-order valence-electron chi connectivity index (χ2n) is 4.22. The van der Waals surface area contributed by atoms with Gasteiger partial charge in [0, 0.05) is 10.6 Å². The van der Waals surface area contributed by atoms with Gasteiger partial charge in [-0.2, -0.15) is 0 Å². The van der Waals surface area contributed by atoms with Crippen LogP contribution in [0.5, 0.6) is 0 Å². The van der Waals surface area contributed by atoms with Crippen LogP contribution in [0.2, 0.25) is 5.02 Å². The van der Waals surface area contributed by atoms with Gasteiger partial charge in [0.2, 0.25) is 0 Å². The number of hydrogen-bond donors (Lipinski definition) is 1. The molecular formula is C14H11ClN2S. The third-order valence-electron chi connectivity index (χ3n) is 2.81. The Kier molecular flexibility index (Phi) is 2.73. The van der Waals surface area contributed by atoms with E-state index in [0.717, 1.165) is 26.4 Å². The summed E-state index contributed by atoms with van der Waals surface area (Å²) in [6, 6.07) is 12.0. The van der Waals surface area contributed by atoms with Crippen molar-refractivity contribution < 1.29 is 0 Å². The van der Waals surface area contributed by atoms with Crippen molar-refractivity contribution in [2.75, 3.05) is 5.73 Å². The molecule has 0 fully saturated rings. The lowest BCUT2D eigenvalue weighted by molar-refractivity contribution is 1.45. The Morgan fingerprint density at radius 3 is 2.61 bits per heavy atom. The molecule has 3 aromatic rings. The zero-order valence-corrected chi connectivity index (χ0v) is 11.3. The summed E-state index contributed by atoms with van der Waals surface area (Å²) in [5.74, 6) is 0. The lowest BCUT2D eigenvalue weighted by Crippen LogP contribution is -1.84. The molecule has 0 bridgehead atoms. The molecule has 18 heavy (non-hydrogen) atoms. The molecule has 0 radical (unpaired) electrons. The van der Waals surface area contributed by atoms with E-state index in [1.807, 2.05) is 24.3 Å². The van der Waals surface area contributed by atoms with E-state index in [4.69, 9.17) is 17.3 Å². The molecule has 0 spiro atoms. The van der Waals surface area contributed by atoms with Crippen molar-refractivity contribution in [1.29, 1.82) is 0 Å². The van der Waals surface area contributed by atoms with Crippen molar-refractivity contribution in [2.24, 2.45) is 0 Å². The van der Waals surface area contributed by atoms with E-state index in [2.05, 4.69) is 24.0 Å². The number of benzene rings is 2.